The van der Waals surface area contributed by atoms with Crippen molar-refractivity contribution in [1.29, 1.82) is 0 Å². The number of hydrogen-bond acceptors (Lipinski definition) is 3. The zero-order chi connectivity index (χ0) is 16.2. The molecule has 0 saturated carbocycles. The Labute approximate surface area is 124 Å². The van der Waals surface area contributed by atoms with Crippen LogP contribution in [0, 0.1) is 11.3 Å². The average molecular weight is 299 g/mol. The lowest BCUT2D eigenvalue weighted by Crippen LogP contribution is -2.52. The maximum absolute atomic E-state index is 12.2. The summed E-state index contributed by atoms with van der Waals surface area (Å²) in [5.74, 6) is -1.57. The van der Waals surface area contributed by atoms with Gasteiger partial charge in [-0.2, -0.15) is 0 Å². The van der Waals surface area contributed by atoms with E-state index in [1.807, 2.05) is 6.92 Å². The first kappa shape index (κ1) is 17.3. The predicted octanol–water partition coefficient (Wildman–Crippen LogP) is 0.783. The number of carboxylic acids is 1. The number of nitrogens with one attached hydrogen (secondary N) is 1. The highest BCUT2D eigenvalue weighted by Gasteiger charge is 2.45. The predicted molar refractivity (Wildman–Crippen MR) is 77.5 cm³/mol. The zero-order valence-electron chi connectivity index (χ0n) is 12.9. The van der Waals surface area contributed by atoms with Gasteiger partial charge in [-0.3, -0.25) is 9.59 Å². The van der Waals surface area contributed by atoms with Gasteiger partial charge in [0.2, 0.25) is 5.91 Å². The van der Waals surface area contributed by atoms with Crippen molar-refractivity contribution in [2.24, 2.45) is 17.1 Å². The number of urea groups is 1. The Kier molecular flexibility index (Phi) is 5.57. The summed E-state index contributed by atoms with van der Waals surface area (Å²) >= 11 is 0. The first-order chi connectivity index (χ1) is 9.73. The van der Waals surface area contributed by atoms with Crippen molar-refractivity contribution in [2.45, 2.75) is 46.1 Å². The minimum absolute atomic E-state index is 0.117. The second kappa shape index (κ2) is 6.78. The number of carbonyl (C=O) groups is 3. The van der Waals surface area contributed by atoms with E-state index < -0.39 is 29.4 Å². The van der Waals surface area contributed by atoms with E-state index in [1.54, 1.807) is 13.8 Å². The Bertz CT molecular complexity index is 424. The van der Waals surface area contributed by atoms with E-state index in [1.165, 1.54) is 4.90 Å². The van der Waals surface area contributed by atoms with Crippen molar-refractivity contribution < 1.29 is 19.5 Å². The second-order valence-corrected chi connectivity index (χ2v) is 6.08. The molecule has 0 aliphatic carbocycles. The van der Waals surface area contributed by atoms with E-state index in [0.717, 1.165) is 6.42 Å². The molecule has 0 radical (unpaired) electrons. The number of nitrogens with two attached hydrogens (primary N) is 1. The summed E-state index contributed by atoms with van der Waals surface area (Å²) in [6.45, 7) is 6.05. The van der Waals surface area contributed by atoms with Gasteiger partial charge in [-0.25, -0.2) is 4.79 Å². The van der Waals surface area contributed by atoms with Crippen LogP contribution in [0.4, 0.5) is 4.79 Å². The number of carboxylic acid groups (broad SMARTS) is 1. The quantitative estimate of drug-likeness (QED) is 0.672. The third-order valence-corrected chi connectivity index (χ3v) is 4.08. The van der Waals surface area contributed by atoms with Crippen LogP contribution in [0.15, 0.2) is 0 Å². The summed E-state index contributed by atoms with van der Waals surface area (Å²) in [6.07, 6.45) is 1.72. The summed E-state index contributed by atoms with van der Waals surface area (Å²) in [5, 5.41) is 12.0. The van der Waals surface area contributed by atoms with Crippen LogP contribution < -0.4 is 11.1 Å². The molecule has 1 fully saturated rings. The molecule has 2 atom stereocenters. The fourth-order valence-electron chi connectivity index (χ4n) is 2.80. The lowest BCUT2D eigenvalue weighted by molar-refractivity contribution is -0.148. The van der Waals surface area contributed by atoms with Crippen LogP contribution in [-0.2, 0) is 9.59 Å². The summed E-state index contributed by atoms with van der Waals surface area (Å²) in [4.78, 5) is 36.5. The smallest absolute Gasteiger partial charge is 0.318 e. The van der Waals surface area contributed by atoms with E-state index in [-0.39, 0.29) is 12.5 Å². The number of likely N-dealkylation sites (tertiary alicyclic amines) is 1. The van der Waals surface area contributed by atoms with Gasteiger partial charge in [0.05, 0.1) is 5.41 Å². The molecule has 21 heavy (non-hydrogen) atoms. The van der Waals surface area contributed by atoms with E-state index in [0.29, 0.717) is 19.4 Å². The Hall–Kier alpha value is -1.79. The van der Waals surface area contributed by atoms with Crippen molar-refractivity contribution in [3.8, 4) is 0 Å². The lowest BCUT2D eigenvalue weighted by atomic mass is 9.83. The monoisotopic (exact) mass is 299 g/mol. The molecule has 0 aromatic rings. The van der Waals surface area contributed by atoms with Crippen LogP contribution in [0.5, 0.6) is 0 Å². The number of amides is 3. The minimum Gasteiger partial charge on any atom is -0.481 e. The Morgan fingerprint density at radius 1 is 1.38 bits per heavy atom. The molecule has 0 bridgehead atoms. The normalized spacial score (nSPS) is 23.1. The summed E-state index contributed by atoms with van der Waals surface area (Å²) in [7, 11) is 0. The van der Waals surface area contributed by atoms with Gasteiger partial charge in [-0.1, -0.05) is 27.2 Å². The molecule has 4 N–H and O–H groups in total. The van der Waals surface area contributed by atoms with Crippen molar-refractivity contribution >= 4 is 17.9 Å². The first-order valence-corrected chi connectivity index (χ1v) is 7.31. The van der Waals surface area contributed by atoms with E-state index >= 15 is 0 Å². The highest BCUT2D eigenvalue weighted by Crippen LogP contribution is 2.35. The van der Waals surface area contributed by atoms with E-state index in [2.05, 4.69) is 5.32 Å². The number of rotatable bonds is 6. The Morgan fingerprint density at radius 2 is 2.00 bits per heavy atom. The molecule has 1 aliphatic rings. The molecule has 7 heteroatoms. The third kappa shape index (κ3) is 3.86. The standard InChI is InChI=1S/C14H25N3O4/c1-4-5-14(12(19)20)6-7-17(8-14)13(21)16-10(9(2)3)11(15)18/h9-10H,4-8H2,1-3H3,(H2,15,18)(H,16,21)(H,19,20). The highest BCUT2D eigenvalue weighted by atomic mass is 16.4. The zero-order valence-corrected chi connectivity index (χ0v) is 12.9. The fourth-order valence-corrected chi connectivity index (χ4v) is 2.80. The van der Waals surface area contributed by atoms with Gasteiger partial charge in [0.1, 0.15) is 6.04 Å². The minimum atomic E-state index is -0.869. The maximum Gasteiger partial charge on any atom is 0.318 e. The van der Waals surface area contributed by atoms with Crippen LogP contribution >= 0.6 is 0 Å². The van der Waals surface area contributed by atoms with Crippen LogP contribution in [0.1, 0.15) is 40.0 Å². The Morgan fingerprint density at radius 3 is 2.43 bits per heavy atom. The van der Waals surface area contributed by atoms with Crippen LogP contribution in [-0.4, -0.2) is 47.0 Å². The first-order valence-electron chi connectivity index (χ1n) is 7.31. The number of aliphatic carboxylic acids is 1. The average Bonchev–Trinajstić information content (AvgIpc) is 2.81. The van der Waals surface area contributed by atoms with Crippen LogP contribution in [0.25, 0.3) is 0 Å². The summed E-state index contributed by atoms with van der Waals surface area (Å²) < 4.78 is 0. The molecule has 7 nitrogen and oxygen atoms in total. The number of hydrogen-bond donors (Lipinski definition) is 3. The molecule has 2 unspecified atom stereocenters. The van der Waals surface area contributed by atoms with Gasteiger partial charge in [-0.05, 0) is 18.8 Å². The molecule has 120 valence electrons. The van der Waals surface area contributed by atoms with E-state index in [9.17, 15) is 19.5 Å². The van der Waals surface area contributed by atoms with Crippen molar-refractivity contribution in [3.63, 3.8) is 0 Å². The second-order valence-electron chi connectivity index (χ2n) is 6.08. The van der Waals surface area contributed by atoms with Gasteiger partial charge in [0, 0.05) is 13.1 Å². The highest BCUT2D eigenvalue weighted by molar-refractivity contribution is 5.86. The number of nitrogens with zero attached hydrogens (tertiary/aromatic N) is 1. The van der Waals surface area contributed by atoms with Gasteiger partial charge in [-0.15, -0.1) is 0 Å². The molecular formula is C14H25N3O4. The molecule has 1 saturated heterocycles. The topological polar surface area (TPSA) is 113 Å². The maximum atomic E-state index is 12.2. The van der Waals surface area contributed by atoms with Crippen molar-refractivity contribution in [1.82, 2.24) is 10.2 Å². The largest absolute Gasteiger partial charge is 0.481 e. The van der Waals surface area contributed by atoms with Crippen LogP contribution in [0.2, 0.25) is 0 Å². The van der Waals surface area contributed by atoms with E-state index in [4.69, 9.17) is 5.73 Å². The van der Waals surface area contributed by atoms with Gasteiger partial charge in [0.15, 0.2) is 0 Å². The molecule has 0 spiro atoms. The fraction of sp³-hybridized carbons (Fsp3) is 0.786. The van der Waals surface area contributed by atoms with Gasteiger partial charge in [0.25, 0.3) is 0 Å². The van der Waals surface area contributed by atoms with Crippen molar-refractivity contribution in [3.05, 3.63) is 0 Å². The molecule has 1 aliphatic heterocycles. The molecule has 0 aromatic heterocycles. The van der Waals surface area contributed by atoms with Crippen molar-refractivity contribution in [2.75, 3.05) is 13.1 Å². The molecule has 1 heterocycles. The van der Waals surface area contributed by atoms with Gasteiger partial charge < -0.3 is 21.1 Å². The number of primary amides is 1. The molecule has 1 rings (SSSR count). The summed E-state index contributed by atoms with van der Waals surface area (Å²) in [5.41, 5.74) is 4.40. The lowest BCUT2D eigenvalue weighted by Gasteiger charge is -2.26. The molecular weight excluding hydrogens is 274 g/mol. The van der Waals surface area contributed by atoms with Gasteiger partial charge >= 0.3 is 12.0 Å². The number of carbonyl (C=O) groups excluding carboxylic acids is 2. The third-order valence-electron chi connectivity index (χ3n) is 4.08. The summed E-state index contributed by atoms with van der Waals surface area (Å²) in [6, 6.07) is -1.17. The molecule has 0 aromatic carbocycles. The van der Waals surface area contributed by atoms with Crippen LogP contribution in [0.3, 0.4) is 0 Å². The SMILES string of the molecule is CCCC1(C(=O)O)CCN(C(=O)NC(C(N)=O)C(C)C)C1. The Balaban J connectivity index is 2.73. The molecule has 3 amide bonds.